The van der Waals surface area contributed by atoms with Crippen LogP contribution < -0.4 is 16.7 Å². The van der Waals surface area contributed by atoms with E-state index >= 15 is 0 Å². The Kier molecular flexibility index (Phi) is 2.55. The van der Waals surface area contributed by atoms with E-state index in [1.165, 1.54) is 12.1 Å². The molecule has 80 valence electrons. The van der Waals surface area contributed by atoms with E-state index in [-0.39, 0.29) is 18.0 Å². The lowest BCUT2D eigenvalue weighted by molar-refractivity contribution is 0.0908. The van der Waals surface area contributed by atoms with Crippen LogP contribution in [-0.2, 0) is 0 Å². The average Bonchev–Trinajstić information content (AvgIpc) is 2.16. The van der Waals surface area contributed by atoms with Gasteiger partial charge in [0.2, 0.25) is 0 Å². The molecule has 15 heavy (non-hydrogen) atoms. The predicted octanol–water partition coefficient (Wildman–Crippen LogP) is -0.141. The molecule has 1 heterocycles. The number of hydrogen-bond donors (Lipinski definition) is 2. The smallest absolute Gasteiger partial charge is 0.335 e. The Bertz CT molecular complexity index is 400. The van der Waals surface area contributed by atoms with E-state index in [0.29, 0.717) is 5.56 Å². The standard InChI is InChI=1S/C10H12N2O3/c11-7-3-8(4-7)12-10(14)6-1-2-9(13)15-5-6/h1-2,5,7-8H,3-4,11H2,(H,12,14). The van der Waals surface area contributed by atoms with Crippen molar-refractivity contribution in [1.82, 2.24) is 5.32 Å². The molecule has 1 fully saturated rings. The molecule has 1 aliphatic carbocycles. The van der Waals surface area contributed by atoms with E-state index in [0.717, 1.165) is 19.1 Å². The summed E-state index contributed by atoms with van der Waals surface area (Å²) in [6.45, 7) is 0. The Morgan fingerprint density at radius 2 is 2.20 bits per heavy atom. The van der Waals surface area contributed by atoms with Crippen molar-refractivity contribution in [3.8, 4) is 0 Å². The maximum Gasteiger partial charge on any atom is 0.335 e. The normalized spacial score (nSPS) is 24.3. The molecule has 0 spiro atoms. The third kappa shape index (κ3) is 2.24. The van der Waals surface area contributed by atoms with Crippen molar-refractivity contribution in [3.05, 3.63) is 34.4 Å². The molecule has 5 heteroatoms. The SMILES string of the molecule is NC1CC(NC(=O)c2ccc(=O)oc2)C1. The highest BCUT2D eigenvalue weighted by Gasteiger charge is 2.27. The van der Waals surface area contributed by atoms with Crippen LogP contribution in [0.5, 0.6) is 0 Å². The third-order valence-corrected chi connectivity index (χ3v) is 2.47. The molecule has 1 aromatic heterocycles. The fraction of sp³-hybridized carbons (Fsp3) is 0.400. The Labute approximate surface area is 86.3 Å². The molecule has 1 aliphatic rings. The molecular formula is C10H12N2O3. The Balaban J connectivity index is 1.96. The van der Waals surface area contributed by atoms with E-state index in [1.807, 2.05) is 0 Å². The van der Waals surface area contributed by atoms with E-state index in [9.17, 15) is 9.59 Å². The number of amides is 1. The molecule has 1 amide bonds. The van der Waals surface area contributed by atoms with Gasteiger partial charge < -0.3 is 15.5 Å². The number of hydrogen-bond acceptors (Lipinski definition) is 4. The number of rotatable bonds is 2. The van der Waals surface area contributed by atoms with Gasteiger partial charge in [-0.2, -0.15) is 0 Å². The van der Waals surface area contributed by atoms with Crippen LogP contribution in [-0.4, -0.2) is 18.0 Å². The van der Waals surface area contributed by atoms with Gasteiger partial charge in [-0.05, 0) is 18.9 Å². The second-order valence-electron chi connectivity index (χ2n) is 3.75. The minimum absolute atomic E-state index is 0.152. The van der Waals surface area contributed by atoms with Gasteiger partial charge in [0.05, 0.1) is 5.56 Å². The van der Waals surface area contributed by atoms with Crippen LogP contribution in [0.3, 0.4) is 0 Å². The zero-order valence-corrected chi connectivity index (χ0v) is 8.10. The Hall–Kier alpha value is -1.62. The highest BCUT2D eigenvalue weighted by molar-refractivity contribution is 5.93. The number of nitrogens with one attached hydrogen (secondary N) is 1. The van der Waals surface area contributed by atoms with E-state index in [2.05, 4.69) is 9.73 Å². The highest BCUT2D eigenvalue weighted by Crippen LogP contribution is 2.17. The van der Waals surface area contributed by atoms with Crippen LogP contribution >= 0.6 is 0 Å². The van der Waals surface area contributed by atoms with Gasteiger partial charge in [0, 0.05) is 18.2 Å². The minimum atomic E-state index is -0.461. The lowest BCUT2D eigenvalue weighted by Gasteiger charge is -2.32. The molecule has 0 aliphatic heterocycles. The summed E-state index contributed by atoms with van der Waals surface area (Å²) in [5, 5.41) is 2.80. The van der Waals surface area contributed by atoms with Gasteiger partial charge in [-0.25, -0.2) is 4.79 Å². The second kappa shape index (κ2) is 3.86. The molecule has 3 N–H and O–H groups in total. The van der Waals surface area contributed by atoms with Gasteiger partial charge in [-0.3, -0.25) is 4.79 Å². The molecule has 0 saturated heterocycles. The summed E-state index contributed by atoms with van der Waals surface area (Å²) in [4.78, 5) is 22.2. The van der Waals surface area contributed by atoms with Crippen LogP contribution in [0.2, 0.25) is 0 Å². The maximum atomic E-state index is 11.6. The molecule has 0 atom stereocenters. The molecular weight excluding hydrogens is 196 g/mol. The lowest BCUT2D eigenvalue weighted by Crippen LogP contribution is -2.50. The maximum absolute atomic E-state index is 11.6. The first-order chi connectivity index (χ1) is 7.15. The molecule has 0 aromatic carbocycles. The van der Waals surface area contributed by atoms with Gasteiger partial charge in [0.25, 0.3) is 5.91 Å². The van der Waals surface area contributed by atoms with E-state index in [4.69, 9.17) is 5.73 Å². The van der Waals surface area contributed by atoms with Crippen LogP contribution in [0, 0.1) is 0 Å². The molecule has 5 nitrogen and oxygen atoms in total. The predicted molar refractivity (Wildman–Crippen MR) is 53.4 cm³/mol. The second-order valence-corrected chi connectivity index (χ2v) is 3.75. The number of carbonyl (C=O) groups is 1. The minimum Gasteiger partial charge on any atom is -0.430 e. The first kappa shape index (κ1) is 9.92. The largest absolute Gasteiger partial charge is 0.430 e. The Morgan fingerprint density at radius 3 is 2.73 bits per heavy atom. The van der Waals surface area contributed by atoms with Crippen molar-refractivity contribution in [1.29, 1.82) is 0 Å². The zero-order valence-electron chi connectivity index (χ0n) is 8.10. The molecule has 0 radical (unpaired) electrons. The van der Waals surface area contributed by atoms with Crippen LogP contribution in [0.25, 0.3) is 0 Å². The quantitative estimate of drug-likeness (QED) is 0.708. The van der Waals surface area contributed by atoms with Gasteiger partial charge in [0.1, 0.15) is 6.26 Å². The Morgan fingerprint density at radius 1 is 1.47 bits per heavy atom. The van der Waals surface area contributed by atoms with Crippen molar-refractivity contribution in [3.63, 3.8) is 0 Å². The number of nitrogens with two attached hydrogens (primary N) is 1. The van der Waals surface area contributed by atoms with Gasteiger partial charge in [0.15, 0.2) is 0 Å². The lowest BCUT2D eigenvalue weighted by atomic mass is 9.87. The fourth-order valence-electron chi connectivity index (χ4n) is 1.54. The summed E-state index contributed by atoms with van der Waals surface area (Å²) in [6.07, 6.45) is 2.78. The van der Waals surface area contributed by atoms with E-state index in [1.54, 1.807) is 0 Å². The van der Waals surface area contributed by atoms with Crippen molar-refractivity contribution < 1.29 is 9.21 Å². The summed E-state index contributed by atoms with van der Waals surface area (Å²) >= 11 is 0. The first-order valence-electron chi connectivity index (χ1n) is 4.80. The van der Waals surface area contributed by atoms with Crippen molar-refractivity contribution in [2.45, 2.75) is 24.9 Å². The van der Waals surface area contributed by atoms with Gasteiger partial charge in [-0.1, -0.05) is 0 Å². The van der Waals surface area contributed by atoms with Crippen LogP contribution in [0.15, 0.2) is 27.6 Å². The van der Waals surface area contributed by atoms with Crippen LogP contribution in [0.4, 0.5) is 0 Å². The molecule has 1 aromatic rings. The third-order valence-electron chi connectivity index (χ3n) is 2.47. The molecule has 2 rings (SSSR count). The fourth-order valence-corrected chi connectivity index (χ4v) is 1.54. The highest BCUT2D eigenvalue weighted by atomic mass is 16.4. The first-order valence-corrected chi connectivity index (χ1v) is 4.80. The summed E-state index contributed by atoms with van der Waals surface area (Å²) in [5.74, 6) is -0.226. The zero-order chi connectivity index (χ0) is 10.8. The van der Waals surface area contributed by atoms with E-state index < -0.39 is 5.63 Å². The summed E-state index contributed by atoms with van der Waals surface area (Å²) in [5.41, 5.74) is 5.49. The van der Waals surface area contributed by atoms with Crippen LogP contribution in [0.1, 0.15) is 23.2 Å². The molecule has 0 bridgehead atoms. The summed E-state index contributed by atoms with van der Waals surface area (Å²) in [6, 6.07) is 3.02. The molecule has 0 unspecified atom stereocenters. The topological polar surface area (TPSA) is 85.3 Å². The molecule has 1 saturated carbocycles. The summed E-state index contributed by atoms with van der Waals surface area (Å²) < 4.78 is 4.59. The van der Waals surface area contributed by atoms with Gasteiger partial charge in [-0.15, -0.1) is 0 Å². The monoisotopic (exact) mass is 208 g/mol. The summed E-state index contributed by atoms with van der Waals surface area (Å²) in [7, 11) is 0. The number of carbonyl (C=O) groups excluding carboxylic acids is 1. The van der Waals surface area contributed by atoms with Crippen molar-refractivity contribution in [2.24, 2.45) is 5.73 Å². The van der Waals surface area contributed by atoms with Crippen molar-refractivity contribution >= 4 is 5.91 Å². The average molecular weight is 208 g/mol. The van der Waals surface area contributed by atoms with Gasteiger partial charge >= 0.3 is 5.63 Å². The van der Waals surface area contributed by atoms with Crippen molar-refractivity contribution in [2.75, 3.05) is 0 Å².